The van der Waals surface area contributed by atoms with Crippen molar-refractivity contribution in [3.8, 4) is 5.75 Å². The summed E-state index contributed by atoms with van der Waals surface area (Å²) in [6, 6.07) is 13.6. The molecule has 2 heterocycles. The first-order valence-corrected chi connectivity index (χ1v) is 10.8. The predicted octanol–water partition coefficient (Wildman–Crippen LogP) is 4.13. The molecule has 0 saturated heterocycles. The summed E-state index contributed by atoms with van der Waals surface area (Å²) in [5, 5.41) is 3.15. The zero-order chi connectivity index (χ0) is 22.3. The summed E-state index contributed by atoms with van der Waals surface area (Å²) < 4.78 is 10.9. The van der Waals surface area contributed by atoms with Crippen molar-refractivity contribution in [2.75, 3.05) is 7.11 Å². The lowest BCUT2D eigenvalue weighted by molar-refractivity contribution is -0.126. The van der Waals surface area contributed by atoms with E-state index in [1.54, 1.807) is 37.7 Å². The number of hydrogen-bond acceptors (Lipinski definition) is 5. The van der Waals surface area contributed by atoms with Crippen molar-refractivity contribution in [3.63, 3.8) is 0 Å². The quantitative estimate of drug-likeness (QED) is 0.578. The van der Waals surface area contributed by atoms with Crippen molar-refractivity contribution in [3.05, 3.63) is 84.1 Å². The van der Waals surface area contributed by atoms with E-state index in [2.05, 4.69) is 10.3 Å². The fraction of sp³-hybridized carbons (Fsp3) is 0.320. The monoisotopic (exact) mass is 433 g/mol. The summed E-state index contributed by atoms with van der Waals surface area (Å²) in [6.45, 7) is 0.168. The van der Waals surface area contributed by atoms with Gasteiger partial charge in [-0.25, -0.2) is 0 Å². The lowest BCUT2D eigenvalue weighted by atomic mass is 10.0. The number of amides is 2. The van der Waals surface area contributed by atoms with E-state index >= 15 is 0 Å². The van der Waals surface area contributed by atoms with Gasteiger partial charge in [0, 0.05) is 29.6 Å². The Morgan fingerprint density at radius 3 is 2.66 bits per heavy atom. The van der Waals surface area contributed by atoms with Crippen LogP contribution >= 0.6 is 0 Å². The second kappa shape index (κ2) is 10.1. The molecule has 1 aliphatic rings. The predicted molar refractivity (Wildman–Crippen MR) is 119 cm³/mol. The third-order valence-corrected chi connectivity index (χ3v) is 5.79. The van der Waals surface area contributed by atoms with Crippen LogP contribution in [0.25, 0.3) is 0 Å². The first-order chi connectivity index (χ1) is 15.7. The molecular formula is C25H27N3O4. The number of carbonyl (C=O) groups is 2. The molecule has 1 aliphatic carbocycles. The van der Waals surface area contributed by atoms with Crippen LogP contribution in [0.4, 0.5) is 0 Å². The molecule has 4 rings (SSSR count). The fourth-order valence-electron chi connectivity index (χ4n) is 4.20. The van der Waals surface area contributed by atoms with Gasteiger partial charge in [-0.2, -0.15) is 0 Å². The Labute approximate surface area is 187 Å². The number of furan rings is 1. The molecule has 0 aliphatic heterocycles. The molecule has 1 fully saturated rings. The van der Waals surface area contributed by atoms with Crippen LogP contribution in [-0.4, -0.2) is 34.8 Å². The molecule has 0 bridgehead atoms. The highest BCUT2D eigenvalue weighted by molar-refractivity contribution is 5.96. The standard InChI is InChI=1S/C25H27N3O4/c1-31-21-12-5-2-8-19(21)17-28(25(30)22-13-7-15-32-22)23(18-9-6-14-26-16-18)24(29)27-20-10-3-4-11-20/h2,5-9,12-16,20,23H,3-4,10-11,17H2,1H3,(H,27,29). The second-order valence-electron chi connectivity index (χ2n) is 7.90. The molecule has 3 aromatic rings. The Morgan fingerprint density at radius 1 is 1.16 bits per heavy atom. The van der Waals surface area contributed by atoms with E-state index in [1.165, 1.54) is 11.2 Å². The number of rotatable bonds is 8. The molecule has 0 spiro atoms. The van der Waals surface area contributed by atoms with Crippen molar-refractivity contribution in [1.82, 2.24) is 15.2 Å². The van der Waals surface area contributed by atoms with Gasteiger partial charge >= 0.3 is 0 Å². The number of benzene rings is 1. The summed E-state index contributed by atoms with van der Waals surface area (Å²) in [4.78, 5) is 32.8. The van der Waals surface area contributed by atoms with Crippen molar-refractivity contribution >= 4 is 11.8 Å². The Kier molecular flexibility index (Phi) is 6.84. The number of para-hydroxylation sites is 1. The number of nitrogens with one attached hydrogen (secondary N) is 1. The summed E-state index contributed by atoms with van der Waals surface area (Å²) in [5.74, 6) is 0.212. The largest absolute Gasteiger partial charge is 0.496 e. The molecule has 7 heteroatoms. The van der Waals surface area contributed by atoms with Gasteiger partial charge in [0.1, 0.15) is 11.8 Å². The molecule has 32 heavy (non-hydrogen) atoms. The molecule has 1 N–H and O–H groups in total. The maximum Gasteiger partial charge on any atom is 0.290 e. The molecule has 2 amide bonds. The van der Waals surface area contributed by atoms with Crippen LogP contribution in [0, 0.1) is 0 Å². The van der Waals surface area contributed by atoms with Gasteiger partial charge < -0.3 is 19.4 Å². The third kappa shape index (κ3) is 4.82. The van der Waals surface area contributed by atoms with E-state index in [4.69, 9.17) is 9.15 Å². The van der Waals surface area contributed by atoms with E-state index in [-0.39, 0.29) is 30.2 Å². The molecule has 166 valence electrons. The number of methoxy groups -OCH3 is 1. The number of aromatic nitrogens is 1. The maximum atomic E-state index is 13.6. The fourth-order valence-corrected chi connectivity index (χ4v) is 4.20. The minimum absolute atomic E-state index is 0.119. The van der Waals surface area contributed by atoms with Gasteiger partial charge in [0.15, 0.2) is 5.76 Å². The number of nitrogens with zero attached hydrogens (tertiary/aromatic N) is 2. The molecule has 1 unspecified atom stereocenters. The summed E-state index contributed by atoms with van der Waals surface area (Å²) in [6.07, 6.45) is 8.82. The van der Waals surface area contributed by atoms with Gasteiger partial charge in [-0.3, -0.25) is 14.6 Å². The molecule has 1 aromatic carbocycles. The van der Waals surface area contributed by atoms with Crippen LogP contribution in [0.2, 0.25) is 0 Å². The van der Waals surface area contributed by atoms with E-state index in [0.29, 0.717) is 11.3 Å². The highest BCUT2D eigenvalue weighted by Gasteiger charge is 2.35. The highest BCUT2D eigenvalue weighted by atomic mass is 16.5. The smallest absolute Gasteiger partial charge is 0.290 e. The number of hydrogen-bond donors (Lipinski definition) is 1. The summed E-state index contributed by atoms with van der Waals surface area (Å²) >= 11 is 0. The Hall–Kier alpha value is -3.61. The molecule has 1 saturated carbocycles. The molecule has 2 aromatic heterocycles. The first-order valence-electron chi connectivity index (χ1n) is 10.8. The Morgan fingerprint density at radius 2 is 1.97 bits per heavy atom. The van der Waals surface area contributed by atoms with Crippen molar-refractivity contribution in [2.45, 2.75) is 44.3 Å². The number of ether oxygens (including phenoxy) is 1. The molecule has 0 radical (unpaired) electrons. The first kappa shape index (κ1) is 21.6. The molecule has 1 atom stereocenters. The average Bonchev–Trinajstić information content (AvgIpc) is 3.54. The van der Waals surface area contributed by atoms with E-state index < -0.39 is 6.04 Å². The van der Waals surface area contributed by atoms with Crippen LogP contribution in [0.5, 0.6) is 5.75 Å². The van der Waals surface area contributed by atoms with E-state index in [1.807, 2.05) is 30.3 Å². The minimum Gasteiger partial charge on any atom is -0.496 e. The lowest BCUT2D eigenvalue weighted by Gasteiger charge is -2.32. The highest BCUT2D eigenvalue weighted by Crippen LogP contribution is 2.29. The average molecular weight is 434 g/mol. The van der Waals surface area contributed by atoms with Gasteiger partial charge in [-0.05, 0) is 37.1 Å². The van der Waals surface area contributed by atoms with Gasteiger partial charge in [0.05, 0.1) is 19.9 Å². The number of pyridine rings is 1. The van der Waals surface area contributed by atoms with E-state index in [9.17, 15) is 9.59 Å². The van der Waals surface area contributed by atoms with Gasteiger partial charge in [0.25, 0.3) is 5.91 Å². The van der Waals surface area contributed by atoms with Gasteiger partial charge in [-0.15, -0.1) is 0 Å². The van der Waals surface area contributed by atoms with Crippen molar-refractivity contribution < 1.29 is 18.7 Å². The minimum atomic E-state index is -0.869. The summed E-state index contributed by atoms with van der Waals surface area (Å²) in [5.41, 5.74) is 1.43. The summed E-state index contributed by atoms with van der Waals surface area (Å²) in [7, 11) is 1.59. The van der Waals surface area contributed by atoms with Crippen LogP contribution < -0.4 is 10.1 Å². The van der Waals surface area contributed by atoms with Crippen molar-refractivity contribution in [1.29, 1.82) is 0 Å². The lowest BCUT2D eigenvalue weighted by Crippen LogP contribution is -2.45. The maximum absolute atomic E-state index is 13.6. The Bertz CT molecular complexity index is 1030. The zero-order valence-corrected chi connectivity index (χ0v) is 18.1. The molecule has 7 nitrogen and oxygen atoms in total. The van der Waals surface area contributed by atoms with E-state index in [0.717, 1.165) is 31.2 Å². The Balaban J connectivity index is 1.74. The normalized spacial score (nSPS) is 14.7. The van der Waals surface area contributed by atoms with Crippen LogP contribution in [0.1, 0.15) is 53.4 Å². The van der Waals surface area contributed by atoms with Gasteiger partial charge in [-0.1, -0.05) is 37.1 Å². The second-order valence-corrected chi connectivity index (χ2v) is 7.90. The van der Waals surface area contributed by atoms with Crippen molar-refractivity contribution in [2.24, 2.45) is 0 Å². The third-order valence-electron chi connectivity index (χ3n) is 5.79. The number of carbonyl (C=O) groups excluding carboxylic acids is 2. The van der Waals surface area contributed by atoms with Crippen LogP contribution in [-0.2, 0) is 11.3 Å². The topological polar surface area (TPSA) is 84.7 Å². The zero-order valence-electron chi connectivity index (χ0n) is 18.1. The SMILES string of the molecule is COc1ccccc1CN(C(=O)c1ccco1)C(C(=O)NC1CCCC1)c1cccnc1. The van der Waals surface area contributed by atoms with Gasteiger partial charge in [0.2, 0.25) is 5.91 Å². The van der Waals surface area contributed by atoms with Crippen LogP contribution in [0.15, 0.2) is 71.6 Å². The van der Waals surface area contributed by atoms with Crippen LogP contribution in [0.3, 0.4) is 0 Å². The molecular weight excluding hydrogens is 406 g/mol.